The molecule has 0 spiro atoms. The predicted octanol–water partition coefficient (Wildman–Crippen LogP) is 1.25. The number of fused-ring (bicyclic) bond motifs is 1. The van der Waals surface area contributed by atoms with Crippen molar-refractivity contribution >= 4 is 11.8 Å². The van der Waals surface area contributed by atoms with Gasteiger partial charge in [0.1, 0.15) is 12.2 Å². The fraction of sp³-hybridized carbons (Fsp3) is 0.667. The zero-order chi connectivity index (χ0) is 14.8. The summed E-state index contributed by atoms with van der Waals surface area (Å²) in [5.74, 6) is -0.184. The number of amides is 2. The summed E-state index contributed by atoms with van der Waals surface area (Å²) >= 11 is 0. The number of aromatic amines is 1. The Kier molecular flexibility index (Phi) is 3.94. The summed E-state index contributed by atoms with van der Waals surface area (Å²) in [5.41, 5.74) is 1.40. The topological polar surface area (TPSA) is 78.1 Å². The van der Waals surface area contributed by atoms with Crippen LogP contribution in [0.1, 0.15) is 55.2 Å². The molecule has 1 aliphatic heterocycles. The highest BCUT2D eigenvalue weighted by Gasteiger charge is 2.39. The Morgan fingerprint density at radius 1 is 1.43 bits per heavy atom. The molecule has 0 unspecified atom stereocenters. The van der Waals surface area contributed by atoms with Crippen molar-refractivity contribution in [3.8, 4) is 0 Å². The minimum atomic E-state index is -0.125. The molecule has 1 saturated carbocycles. The molecule has 0 radical (unpaired) electrons. The molecular formula is C15H22N4O2. The van der Waals surface area contributed by atoms with E-state index >= 15 is 0 Å². The molecule has 21 heavy (non-hydrogen) atoms. The summed E-state index contributed by atoms with van der Waals surface area (Å²) in [4.78, 5) is 26.2. The van der Waals surface area contributed by atoms with Crippen LogP contribution in [0.4, 0.5) is 0 Å². The van der Waals surface area contributed by atoms with Crippen molar-refractivity contribution < 1.29 is 9.59 Å². The van der Waals surface area contributed by atoms with Crippen LogP contribution in [0, 0.1) is 0 Å². The third-order valence-electron chi connectivity index (χ3n) is 4.42. The quantitative estimate of drug-likeness (QED) is 0.879. The first-order valence-corrected chi connectivity index (χ1v) is 7.83. The van der Waals surface area contributed by atoms with Gasteiger partial charge in [0.25, 0.3) is 5.91 Å². The van der Waals surface area contributed by atoms with E-state index in [1.165, 1.54) is 0 Å². The van der Waals surface area contributed by atoms with Crippen LogP contribution < -0.4 is 5.32 Å². The van der Waals surface area contributed by atoms with Gasteiger partial charge in [-0.3, -0.25) is 14.7 Å². The average Bonchev–Trinajstić information content (AvgIpc) is 2.94. The van der Waals surface area contributed by atoms with Crippen molar-refractivity contribution in [1.29, 1.82) is 0 Å². The number of aryl methyl sites for hydroxylation is 1. The molecule has 114 valence electrons. The lowest BCUT2D eigenvalue weighted by molar-refractivity contribution is -0.127. The number of aromatic nitrogens is 2. The lowest BCUT2D eigenvalue weighted by atomic mass is 9.87. The van der Waals surface area contributed by atoms with Crippen molar-refractivity contribution in [3.05, 3.63) is 17.5 Å². The van der Waals surface area contributed by atoms with Gasteiger partial charge in [-0.1, -0.05) is 26.2 Å². The number of H-pyrrole nitrogens is 1. The van der Waals surface area contributed by atoms with Crippen LogP contribution in [0.2, 0.25) is 0 Å². The van der Waals surface area contributed by atoms with Gasteiger partial charge in [0.05, 0.1) is 6.04 Å². The van der Waals surface area contributed by atoms with Crippen molar-refractivity contribution in [3.63, 3.8) is 0 Å². The van der Waals surface area contributed by atoms with Gasteiger partial charge >= 0.3 is 0 Å². The molecule has 6 heteroatoms. The second kappa shape index (κ2) is 5.87. The van der Waals surface area contributed by atoms with Crippen LogP contribution in [0.25, 0.3) is 0 Å². The summed E-state index contributed by atoms with van der Waals surface area (Å²) < 4.78 is 0. The Morgan fingerprint density at radius 3 is 3.05 bits per heavy atom. The van der Waals surface area contributed by atoms with Crippen molar-refractivity contribution in [1.82, 2.24) is 20.4 Å². The molecule has 1 aromatic rings. The zero-order valence-corrected chi connectivity index (χ0v) is 12.4. The van der Waals surface area contributed by atoms with Crippen LogP contribution in [0.3, 0.4) is 0 Å². The van der Waals surface area contributed by atoms with E-state index in [-0.39, 0.29) is 30.4 Å². The average molecular weight is 290 g/mol. The first kappa shape index (κ1) is 14.1. The molecule has 3 rings (SSSR count). The monoisotopic (exact) mass is 290 g/mol. The van der Waals surface area contributed by atoms with Gasteiger partial charge in [-0.05, 0) is 25.3 Å². The number of nitrogens with zero attached hydrogens (tertiary/aromatic N) is 2. The molecule has 1 aromatic heterocycles. The lowest BCUT2D eigenvalue weighted by Crippen LogP contribution is -2.62. The Bertz CT molecular complexity index is 540. The molecule has 6 nitrogen and oxygen atoms in total. The van der Waals surface area contributed by atoms with Crippen LogP contribution >= 0.6 is 0 Å². The normalized spacial score (nSPS) is 25.4. The molecule has 2 aliphatic rings. The molecule has 0 aromatic carbocycles. The number of hydrogen-bond donors (Lipinski definition) is 2. The molecule has 1 saturated heterocycles. The molecule has 2 amide bonds. The first-order valence-electron chi connectivity index (χ1n) is 7.83. The van der Waals surface area contributed by atoms with Gasteiger partial charge in [-0.2, -0.15) is 5.10 Å². The van der Waals surface area contributed by atoms with Gasteiger partial charge in [-0.25, -0.2) is 0 Å². The standard InChI is InChI=1S/C15H22N4O2/c1-2-5-10-8-12(18-17-10)15(21)19-9-14(20)16-11-6-3-4-7-13(11)19/h8,11,13H,2-7,9H2,1H3,(H,16,20)(H,17,18)/t11-,13+/m0/s1. The Balaban J connectivity index is 1.79. The minimum absolute atomic E-state index is 0.0594. The van der Waals surface area contributed by atoms with Crippen LogP contribution in [0.5, 0.6) is 0 Å². The summed E-state index contributed by atoms with van der Waals surface area (Å²) in [6.45, 7) is 2.24. The number of hydrogen-bond acceptors (Lipinski definition) is 3. The highest BCUT2D eigenvalue weighted by atomic mass is 16.2. The zero-order valence-electron chi connectivity index (χ0n) is 12.4. The van der Waals surface area contributed by atoms with Gasteiger partial charge < -0.3 is 10.2 Å². The van der Waals surface area contributed by atoms with Gasteiger partial charge in [0, 0.05) is 11.7 Å². The maximum Gasteiger partial charge on any atom is 0.275 e. The molecule has 0 bridgehead atoms. The smallest absolute Gasteiger partial charge is 0.275 e. The van der Waals surface area contributed by atoms with E-state index in [2.05, 4.69) is 22.4 Å². The Labute approximate surface area is 124 Å². The molecule has 2 fully saturated rings. The third kappa shape index (κ3) is 2.80. The Hall–Kier alpha value is -1.85. The van der Waals surface area contributed by atoms with Gasteiger partial charge in [0.15, 0.2) is 0 Å². The van der Waals surface area contributed by atoms with Crippen LogP contribution in [-0.2, 0) is 11.2 Å². The largest absolute Gasteiger partial charge is 0.350 e. The third-order valence-corrected chi connectivity index (χ3v) is 4.42. The maximum atomic E-state index is 12.7. The van der Waals surface area contributed by atoms with Gasteiger partial charge in [-0.15, -0.1) is 0 Å². The van der Waals surface area contributed by atoms with E-state index in [4.69, 9.17) is 0 Å². The molecular weight excluding hydrogens is 268 g/mol. The van der Waals surface area contributed by atoms with Crippen molar-refractivity contribution in [2.24, 2.45) is 0 Å². The predicted molar refractivity (Wildman–Crippen MR) is 77.8 cm³/mol. The molecule has 1 aliphatic carbocycles. The summed E-state index contributed by atoms with van der Waals surface area (Å²) in [6.07, 6.45) is 6.04. The van der Waals surface area contributed by atoms with E-state index in [0.717, 1.165) is 44.2 Å². The number of rotatable bonds is 3. The van der Waals surface area contributed by atoms with E-state index < -0.39 is 0 Å². The van der Waals surface area contributed by atoms with Crippen LogP contribution in [-0.4, -0.2) is 45.5 Å². The van der Waals surface area contributed by atoms with E-state index in [0.29, 0.717) is 5.69 Å². The molecule has 2 heterocycles. The first-order chi connectivity index (χ1) is 10.2. The minimum Gasteiger partial charge on any atom is -0.350 e. The number of nitrogens with one attached hydrogen (secondary N) is 2. The molecule has 2 N–H and O–H groups in total. The van der Waals surface area contributed by atoms with E-state index in [1.54, 1.807) is 4.90 Å². The Morgan fingerprint density at radius 2 is 2.24 bits per heavy atom. The second-order valence-corrected chi connectivity index (χ2v) is 5.99. The van der Waals surface area contributed by atoms with E-state index in [9.17, 15) is 9.59 Å². The van der Waals surface area contributed by atoms with Gasteiger partial charge in [0.2, 0.25) is 5.91 Å². The summed E-state index contributed by atoms with van der Waals surface area (Å²) in [6, 6.07) is 2.05. The fourth-order valence-electron chi connectivity index (χ4n) is 3.42. The highest BCUT2D eigenvalue weighted by Crippen LogP contribution is 2.26. The SMILES string of the molecule is CCCc1cc(C(=O)N2CC(=O)N[C@H]3CCCC[C@H]32)n[nH]1. The lowest BCUT2D eigenvalue weighted by Gasteiger charge is -2.43. The van der Waals surface area contributed by atoms with Crippen LogP contribution in [0.15, 0.2) is 6.07 Å². The van der Waals surface area contributed by atoms with Crippen molar-refractivity contribution in [2.45, 2.75) is 57.5 Å². The van der Waals surface area contributed by atoms with Crippen molar-refractivity contribution in [2.75, 3.05) is 6.54 Å². The second-order valence-electron chi connectivity index (χ2n) is 5.99. The maximum absolute atomic E-state index is 12.7. The summed E-state index contributed by atoms with van der Waals surface area (Å²) in [5, 5.41) is 10.1. The number of carbonyl (C=O) groups is 2. The summed E-state index contributed by atoms with van der Waals surface area (Å²) in [7, 11) is 0. The molecule has 2 atom stereocenters. The highest BCUT2D eigenvalue weighted by molar-refractivity contribution is 5.96. The number of piperazine rings is 1. The van der Waals surface area contributed by atoms with E-state index in [1.807, 2.05) is 6.07 Å². The number of carbonyl (C=O) groups excluding carboxylic acids is 2. The fourth-order valence-corrected chi connectivity index (χ4v) is 3.42.